The maximum absolute atomic E-state index is 13.2. The van der Waals surface area contributed by atoms with Crippen molar-refractivity contribution in [1.82, 2.24) is 14.7 Å². The lowest BCUT2D eigenvalue weighted by molar-refractivity contribution is -0.148. The van der Waals surface area contributed by atoms with Crippen LogP contribution < -0.4 is 4.90 Å². The van der Waals surface area contributed by atoms with E-state index in [9.17, 15) is 14.0 Å². The Morgan fingerprint density at radius 3 is 2.38 bits per heavy atom. The zero-order valence-corrected chi connectivity index (χ0v) is 19.4. The highest BCUT2D eigenvalue weighted by Crippen LogP contribution is 2.25. The number of esters is 1. The molecule has 176 valence electrons. The van der Waals surface area contributed by atoms with Gasteiger partial charge in [-0.15, -0.1) is 0 Å². The third-order valence-electron chi connectivity index (χ3n) is 5.60. The minimum absolute atomic E-state index is 0.229. The molecule has 0 atom stereocenters. The Bertz CT molecular complexity index is 1190. The number of para-hydroxylation sites is 1. The van der Waals surface area contributed by atoms with Gasteiger partial charge in [-0.3, -0.25) is 4.79 Å². The van der Waals surface area contributed by atoms with Crippen molar-refractivity contribution < 1.29 is 18.7 Å². The van der Waals surface area contributed by atoms with E-state index < -0.39 is 5.97 Å². The van der Waals surface area contributed by atoms with Crippen LogP contribution in [0.1, 0.15) is 11.3 Å². The highest BCUT2D eigenvalue weighted by Gasteiger charge is 2.22. The Hall–Kier alpha value is -3.65. The summed E-state index contributed by atoms with van der Waals surface area (Å²) in [4.78, 5) is 28.6. The molecule has 0 unspecified atom stereocenters. The standard InChI is InChI=1S/C25H24ClFN4O3/c1-18-22(25(26)31(28-18)21-9-7-19(27)8-10-21)11-12-24(33)34-17-23(32)30-15-13-29(14-16-30)20-5-3-2-4-6-20/h2-12H,13-17H2,1H3. The summed E-state index contributed by atoms with van der Waals surface area (Å²) < 4.78 is 19.8. The van der Waals surface area contributed by atoms with Crippen LogP contribution >= 0.6 is 11.6 Å². The van der Waals surface area contributed by atoms with E-state index in [4.69, 9.17) is 16.3 Å². The average Bonchev–Trinajstić information content (AvgIpc) is 3.15. The summed E-state index contributed by atoms with van der Waals surface area (Å²) >= 11 is 6.41. The molecule has 1 aliphatic heterocycles. The first kappa shape index (κ1) is 23.5. The molecule has 34 heavy (non-hydrogen) atoms. The maximum Gasteiger partial charge on any atom is 0.331 e. The number of aromatic nitrogens is 2. The smallest absolute Gasteiger partial charge is 0.331 e. The van der Waals surface area contributed by atoms with E-state index in [0.29, 0.717) is 30.0 Å². The van der Waals surface area contributed by atoms with Crippen LogP contribution in [-0.2, 0) is 14.3 Å². The molecular formula is C25H24ClFN4O3. The van der Waals surface area contributed by atoms with Gasteiger partial charge in [0.05, 0.1) is 11.4 Å². The SMILES string of the molecule is Cc1nn(-c2ccc(F)cc2)c(Cl)c1C=CC(=O)OCC(=O)N1CCN(c2ccccc2)CC1. The predicted molar refractivity (Wildman–Crippen MR) is 128 cm³/mol. The normalized spacial score (nSPS) is 14.0. The van der Waals surface area contributed by atoms with Crippen molar-refractivity contribution in [1.29, 1.82) is 0 Å². The number of anilines is 1. The Morgan fingerprint density at radius 2 is 1.71 bits per heavy atom. The summed E-state index contributed by atoms with van der Waals surface area (Å²) in [5.74, 6) is -1.24. The van der Waals surface area contributed by atoms with Crippen molar-refractivity contribution in [2.24, 2.45) is 0 Å². The van der Waals surface area contributed by atoms with E-state index in [1.807, 2.05) is 30.3 Å². The molecule has 0 aliphatic carbocycles. The van der Waals surface area contributed by atoms with E-state index in [1.165, 1.54) is 29.0 Å². The quantitative estimate of drug-likeness (QED) is 0.394. The number of benzene rings is 2. The Labute approximate surface area is 202 Å². The molecule has 0 radical (unpaired) electrons. The summed E-state index contributed by atoms with van der Waals surface area (Å²) in [6, 6.07) is 15.8. The lowest BCUT2D eigenvalue weighted by atomic mass is 10.2. The summed E-state index contributed by atoms with van der Waals surface area (Å²) in [6.07, 6.45) is 2.71. The van der Waals surface area contributed by atoms with Gasteiger partial charge in [-0.25, -0.2) is 13.9 Å². The van der Waals surface area contributed by atoms with Gasteiger partial charge in [-0.1, -0.05) is 29.8 Å². The van der Waals surface area contributed by atoms with E-state index in [2.05, 4.69) is 10.00 Å². The van der Waals surface area contributed by atoms with E-state index >= 15 is 0 Å². The molecule has 1 fully saturated rings. The van der Waals surface area contributed by atoms with Gasteiger partial charge in [0, 0.05) is 43.5 Å². The first-order valence-corrected chi connectivity index (χ1v) is 11.2. The van der Waals surface area contributed by atoms with Gasteiger partial charge in [0.2, 0.25) is 0 Å². The van der Waals surface area contributed by atoms with Crippen LogP contribution in [-0.4, -0.2) is 59.3 Å². The fraction of sp³-hybridized carbons (Fsp3) is 0.240. The molecule has 0 N–H and O–H groups in total. The predicted octanol–water partition coefficient (Wildman–Crippen LogP) is 3.88. The van der Waals surface area contributed by atoms with Gasteiger partial charge in [0.25, 0.3) is 5.91 Å². The lowest BCUT2D eigenvalue weighted by Gasteiger charge is -2.36. The van der Waals surface area contributed by atoms with Gasteiger partial charge in [0.1, 0.15) is 11.0 Å². The number of halogens is 2. The van der Waals surface area contributed by atoms with Crippen molar-refractivity contribution in [2.75, 3.05) is 37.7 Å². The molecule has 2 aromatic carbocycles. The van der Waals surface area contributed by atoms with E-state index in [-0.39, 0.29) is 23.5 Å². The monoisotopic (exact) mass is 482 g/mol. The molecule has 0 bridgehead atoms. The second-order valence-corrected chi connectivity index (χ2v) is 8.18. The van der Waals surface area contributed by atoms with Crippen molar-refractivity contribution in [3.8, 4) is 5.69 Å². The molecule has 1 aromatic heterocycles. The molecule has 1 saturated heterocycles. The molecule has 2 heterocycles. The Balaban J connectivity index is 1.29. The van der Waals surface area contributed by atoms with Gasteiger partial charge in [-0.2, -0.15) is 5.10 Å². The number of nitrogens with zero attached hydrogens (tertiary/aromatic N) is 4. The number of ether oxygens (including phenoxy) is 1. The molecule has 1 amide bonds. The largest absolute Gasteiger partial charge is 0.452 e. The van der Waals surface area contributed by atoms with Crippen molar-refractivity contribution in [3.05, 3.63) is 82.9 Å². The molecule has 3 aromatic rings. The third kappa shape index (κ3) is 5.46. The molecule has 9 heteroatoms. The van der Waals surface area contributed by atoms with Gasteiger partial charge >= 0.3 is 5.97 Å². The Morgan fingerprint density at radius 1 is 1.03 bits per heavy atom. The average molecular weight is 483 g/mol. The highest BCUT2D eigenvalue weighted by atomic mass is 35.5. The number of rotatable bonds is 6. The zero-order chi connectivity index (χ0) is 24.1. The van der Waals surface area contributed by atoms with Crippen molar-refractivity contribution >= 4 is 35.2 Å². The first-order chi connectivity index (χ1) is 16.4. The van der Waals surface area contributed by atoms with Gasteiger partial charge in [-0.05, 0) is 49.4 Å². The van der Waals surface area contributed by atoms with Crippen LogP contribution in [0.5, 0.6) is 0 Å². The fourth-order valence-corrected chi connectivity index (χ4v) is 4.07. The molecule has 7 nitrogen and oxygen atoms in total. The minimum Gasteiger partial charge on any atom is -0.452 e. The van der Waals surface area contributed by atoms with Crippen LogP contribution in [0.2, 0.25) is 5.15 Å². The van der Waals surface area contributed by atoms with Crippen molar-refractivity contribution in [3.63, 3.8) is 0 Å². The number of hydrogen-bond acceptors (Lipinski definition) is 5. The first-order valence-electron chi connectivity index (χ1n) is 10.9. The topological polar surface area (TPSA) is 67.7 Å². The van der Waals surface area contributed by atoms with Crippen LogP contribution in [0.3, 0.4) is 0 Å². The molecule has 1 aliphatic rings. The van der Waals surface area contributed by atoms with E-state index in [1.54, 1.807) is 24.0 Å². The number of carbonyl (C=O) groups excluding carboxylic acids is 2. The molecule has 0 spiro atoms. The van der Waals surface area contributed by atoms with Gasteiger partial charge < -0.3 is 14.5 Å². The number of carbonyl (C=O) groups is 2. The Kier molecular flexibility index (Phi) is 7.27. The van der Waals surface area contributed by atoms with E-state index in [0.717, 1.165) is 18.8 Å². The number of amides is 1. The van der Waals surface area contributed by atoms with Gasteiger partial charge in [0.15, 0.2) is 6.61 Å². The third-order valence-corrected chi connectivity index (χ3v) is 5.96. The maximum atomic E-state index is 13.2. The summed E-state index contributed by atoms with van der Waals surface area (Å²) in [6.45, 7) is 4.00. The summed E-state index contributed by atoms with van der Waals surface area (Å²) in [5, 5.41) is 4.62. The van der Waals surface area contributed by atoms with Crippen LogP contribution in [0.15, 0.2) is 60.7 Å². The number of aryl methyl sites for hydroxylation is 1. The number of piperazine rings is 1. The molecular weight excluding hydrogens is 459 g/mol. The van der Waals surface area contributed by atoms with Crippen molar-refractivity contribution in [2.45, 2.75) is 6.92 Å². The van der Waals surface area contributed by atoms with Crippen LogP contribution in [0.4, 0.5) is 10.1 Å². The minimum atomic E-state index is -0.652. The highest BCUT2D eigenvalue weighted by molar-refractivity contribution is 6.31. The fourth-order valence-electron chi connectivity index (χ4n) is 3.73. The molecule has 4 rings (SSSR count). The molecule has 0 saturated carbocycles. The van der Waals surface area contributed by atoms with Crippen LogP contribution in [0.25, 0.3) is 11.8 Å². The lowest BCUT2D eigenvalue weighted by Crippen LogP contribution is -2.49. The summed E-state index contributed by atoms with van der Waals surface area (Å²) in [5.41, 5.74) is 2.84. The zero-order valence-electron chi connectivity index (χ0n) is 18.7. The second-order valence-electron chi connectivity index (χ2n) is 7.82. The summed E-state index contributed by atoms with van der Waals surface area (Å²) in [7, 11) is 0. The van der Waals surface area contributed by atoms with Crippen LogP contribution in [0, 0.1) is 12.7 Å². The number of hydrogen-bond donors (Lipinski definition) is 0. The second kappa shape index (κ2) is 10.5.